The molecule has 2 unspecified atom stereocenters. The van der Waals surface area contributed by atoms with Crippen LogP contribution in [0.5, 0.6) is 0 Å². The average molecular weight is 1430 g/mol. The van der Waals surface area contributed by atoms with Gasteiger partial charge in [-0.25, -0.2) is 0 Å². The van der Waals surface area contributed by atoms with Crippen molar-refractivity contribution in [1.29, 1.82) is 0 Å². The molecular weight excluding hydrogens is 1370 g/mol. The van der Waals surface area contributed by atoms with Gasteiger partial charge in [0.05, 0.1) is 22.1 Å². The number of nitrogens with zero attached hydrogens (tertiary/aromatic N) is 2. The summed E-state index contributed by atoms with van der Waals surface area (Å²) in [5.74, 6) is 0. The van der Waals surface area contributed by atoms with Crippen LogP contribution in [0.15, 0.2) is 146 Å². The average Bonchev–Trinajstić information content (AvgIpc) is 3.76. The summed E-state index contributed by atoms with van der Waals surface area (Å²) in [6.07, 6.45) is 0. The molecule has 0 aliphatic heterocycles. The summed E-state index contributed by atoms with van der Waals surface area (Å²) in [5, 5.41) is 7.61. The van der Waals surface area contributed by atoms with Gasteiger partial charge >= 0.3 is 110 Å². The Hall–Kier alpha value is 0.886. The fourth-order valence-corrected chi connectivity index (χ4v) is 14.6. The first-order valence-electron chi connectivity index (χ1n) is 19.6. The van der Waals surface area contributed by atoms with Crippen LogP contribution in [-0.4, -0.2) is 65.9 Å². The second kappa shape index (κ2) is 34.3. The third-order valence-electron chi connectivity index (χ3n) is 7.56. The number of fused-ring (bicyclic) bond motifs is 6. The van der Waals surface area contributed by atoms with Crippen LogP contribution in [-0.2, 0) is 107 Å². The van der Waals surface area contributed by atoms with E-state index in [-0.39, 0.29) is 0 Å². The molecule has 0 aliphatic carbocycles. The molecule has 0 saturated heterocycles. The number of rotatable bonds is 2. The standard InChI is InChI=1S/2C18H14NP.9CH3.ClH.S6.S5.3Sn/c2*20-14-7-5-6-13(12-14)19-17-10-3-1-8-15(17)16-9-2-4-11-18(16)19;;;;;;;;;;;1-3-5-6-4-2;1-3-5-4-2;;;/h2*1-12H,20H2;9*1H3;1H;;;;;/q;;;;;;;;;;;;;;;;+1/p-1. The third-order valence-corrected chi connectivity index (χ3v) is 19.4. The van der Waals surface area contributed by atoms with E-state index in [0.717, 1.165) is 0 Å². The van der Waals surface area contributed by atoms with Gasteiger partial charge in [-0.1, -0.05) is 97.1 Å². The molecule has 19 heteroatoms. The molecule has 2 nitrogen and oxygen atoms in total. The molecule has 340 valence electrons. The van der Waals surface area contributed by atoms with Crippen LogP contribution >= 0.6 is 27.4 Å². The van der Waals surface area contributed by atoms with Crippen LogP contribution in [0.4, 0.5) is 0 Å². The summed E-state index contributed by atoms with van der Waals surface area (Å²) < 4.78 is 4.66. The molecule has 8 rings (SSSR count). The minimum absolute atomic E-state index is 0.543. The van der Waals surface area contributed by atoms with E-state index in [4.69, 9.17) is 8.92 Å². The summed E-state index contributed by atoms with van der Waals surface area (Å²) in [7, 11) is 20.9. The molecular formula is C45H55ClN2P2S11Sn3. The zero-order valence-corrected chi connectivity index (χ0v) is 57.9. The SMILES string of the molecule is Pc1cccc(-n2c3ccccc3c3ccccc32)c1.Pc1cccc(-n2c3ccccc3c3ccccc32)c1.S=S=S=S=S.S=S=S=S=S=S.[CH3][Sn]([CH3])([CH3])[Cl].[CH3][Sn]([CH3])[CH3].[CH3][Sn]([CH3])[CH3]. The van der Waals surface area contributed by atoms with Crippen LogP contribution < -0.4 is 10.6 Å². The minimum atomic E-state index is -1.71. The number of hydrogen-bond donors (Lipinski definition) is 0. The molecule has 64 heavy (non-hydrogen) atoms. The van der Waals surface area contributed by atoms with E-state index in [1.807, 2.05) is 0 Å². The van der Waals surface area contributed by atoms with Gasteiger partial charge in [0.1, 0.15) is 0 Å². The molecule has 2 aromatic heterocycles. The summed E-state index contributed by atoms with van der Waals surface area (Å²) in [6.45, 7) is 0. The number of benzene rings is 6. The Morgan fingerprint density at radius 1 is 0.422 bits per heavy atom. The van der Waals surface area contributed by atoms with Crippen LogP contribution in [0, 0.1) is 0 Å². The zero-order valence-electron chi connectivity index (χ0n) is 37.3. The molecule has 0 fully saturated rings. The first-order chi connectivity index (χ1) is 30.5. The first-order valence-corrected chi connectivity index (χ1v) is 62.0. The molecule has 0 saturated carbocycles. The second-order valence-corrected chi connectivity index (χ2v) is 65.7. The van der Waals surface area contributed by atoms with E-state index in [1.165, 1.54) is 128 Å². The normalized spacial score (nSPS) is 10.1. The predicted octanol–water partition coefficient (Wildman–Crippen LogP) is 13.3. The van der Waals surface area contributed by atoms with Crippen molar-refractivity contribution in [3.63, 3.8) is 0 Å². The number of para-hydroxylation sites is 4. The van der Waals surface area contributed by atoms with Gasteiger partial charge in [-0.2, -0.15) is 0 Å². The zero-order chi connectivity index (χ0) is 47.7. The molecule has 0 spiro atoms. The summed E-state index contributed by atoms with van der Waals surface area (Å²) >= 11 is 15.1. The van der Waals surface area contributed by atoms with Crippen molar-refractivity contribution in [1.82, 2.24) is 9.13 Å². The Balaban J connectivity index is 0.000000296. The van der Waals surface area contributed by atoms with Gasteiger partial charge in [-0.3, -0.25) is 0 Å². The monoisotopic (exact) mass is 1430 g/mol. The van der Waals surface area contributed by atoms with Crippen molar-refractivity contribution in [2.24, 2.45) is 0 Å². The van der Waals surface area contributed by atoms with Gasteiger partial charge in [0.2, 0.25) is 0 Å². The summed E-state index contributed by atoms with van der Waals surface area (Å²) in [4.78, 5) is 20.7. The molecule has 0 bridgehead atoms. The summed E-state index contributed by atoms with van der Waals surface area (Å²) in [6, 6.07) is 51.4. The molecule has 2 radical (unpaired) electrons. The van der Waals surface area contributed by atoms with Crippen molar-refractivity contribution in [2.45, 2.75) is 44.5 Å². The fraction of sp³-hybridized carbons (Fsp3) is 0.200. The molecule has 0 N–H and O–H groups in total. The van der Waals surface area contributed by atoms with Gasteiger partial charge < -0.3 is 9.13 Å². The van der Waals surface area contributed by atoms with E-state index in [2.05, 4.69) is 262 Å². The van der Waals surface area contributed by atoms with Crippen molar-refractivity contribution in [2.75, 3.05) is 0 Å². The second-order valence-electron chi connectivity index (χ2n) is 15.5. The molecule has 2 atom stereocenters. The van der Waals surface area contributed by atoms with Crippen LogP contribution in [0.3, 0.4) is 0 Å². The molecule has 0 aliphatic rings. The molecule has 6 aromatic carbocycles. The van der Waals surface area contributed by atoms with Crippen molar-refractivity contribution >= 4 is 245 Å². The van der Waals surface area contributed by atoms with Gasteiger partial charge in [-0.15, -0.1) is 18.5 Å². The van der Waals surface area contributed by atoms with E-state index in [9.17, 15) is 0 Å². The van der Waals surface area contributed by atoms with Gasteiger partial charge in [-0.05, 0) is 59.1 Å². The topological polar surface area (TPSA) is 9.86 Å². The fourth-order valence-electron chi connectivity index (χ4n) is 5.76. The van der Waals surface area contributed by atoms with Gasteiger partial charge in [0.25, 0.3) is 0 Å². The Labute approximate surface area is 448 Å². The predicted molar refractivity (Wildman–Crippen MR) is 337 cm³/mol. The van der Waals surface area contributed by atoms with Crippen LogP contribution in [0.2, 0.25) is 44.5 Å². The van der Waals surface area contributed by atoms with Crippen molar-refractivity contribution in [3.8, 4) is 11.4 Å². The van der Waals surface area contributed by atoms with Gasteiger partial charge in [0.15, 0.2) is 0 Å². The Bertz CT molecular complexity index is 2710. The Morgan fingerprint density at radius 2 is 0.656 bits per heavy atom. The van der Waals surface area contributed by atoms with Crippen LogP contribution in [0.25, 0.3) is 55.0 Å². The quantitative estimate of drug-likeness (QED) is 0.126. The van der Waals surface area contributed by atoms with E-state index in [1.54, 1.807) is 0 Å². The van der Waals surface area contributed by atoms with Crippen molar-refractivity contribution < 1.29 is 0 Å². The number of hydrogen-bond acceptors (Lipinski definition) is 4. The maximum absolute atomic E-state index is 5.74. The van der Waals surface area contributed by atoms with E-state index >= 15 is 0 Å². The number of aromatic nitrogens is 2. The van der Waals surface area contributed by atoms with E-state index in [0.29, 0.717) is 0 Å². The Kier molecular flexibility index (Phi) is 32.6. The van der Waals surface area contributed by atoms with Crippen LogP contribution in [0.1, 0.15) is 0 Å². The third kappa shape index (κ3) is 23.2. The molecule has 0 amide bonds. The van der Waals surface area contributed by atoms with E-state index < -0.39 is 56.8 Å². The summed E-state index contributed by atoms with van der Waals surface area (Å²) in [5.41, 5.74) is 7.42. The first kappa shape index (κ1) is 61.0. The number of halogens is 1. The maximum atomic E-state index is 5.74. The molecule has 2 heterocycles. The van der Waals surface area contributed by atoms with Gasteiger partial charge in [0, 0.05) is 140 Å². The Morgan fingerprint density at radius 3 is 0.859 bits per heavy atom. The van der Waals surface area contributed by atoms with Crippen molar-refractivity contribution in [3.05, 3.63) is 146 Å². The molecule has 8 aromatic rings.